The van der Waals surface area contributed by atoms with Crippen molar-refractivity contribution >= 4 is 17.3 Å². The standard InChI is InChI=1S/C26H29F2N5O3/c1-16-6-7-18(30-23(34)17-8-10-29-11-9-17)22(26(4,27)28)21(16)19-14-20(24(35)32(5)31-19)33-12-13-36-25(2,3)15-33/h6-11,14H,12-13,15H2,1-5H3,(H,30,34). The first-order valence-electron chi connectivity index (χ1n) is 11.6. The number of alkyl halides is 2. The Bertz CT molecular complexity index is 1350. The topological polar surface area (TPSA) is 89.4 Å². The minimum atomic E-state index is -3.32. The van der Waals surface area contributed by atoms with Crippen LogP contribution in [0.3, 0.4) is 0 Å². The molecule has 1 saturated heterocycles. The van der Waals surface area contributed by atoms with E-state index in [1.54, 1.807) is 19.1 Å². The Morgan fingerprint density at radius 1 is 1.19 bits per heavy atom. The minimum Gasteiger partial charge on any atom is -0.372 e. The Morgan fingerprint density at radius 2 is 1.89 bits per heavy atom. The predicted molar refractivity (Wildman–Crippen MR) is 134 cm³/mol. The second-order valence-corrected chi connectivity index (χ2v) is 9.63. The van der Waals surface area contributed by atoms with Crippen molar-refractivity contribution in [2.75, 3.05) is 29.9 Å². The van der Waals surface area contributed by atoms with Gasteiger partial charge in [0.15, 0.2) is 0 Å². The highest BCUT2D eigenvalue weighted by atomic mass is 19.3. The Kier molecular flexibility index (Phi) is 6.66. The molecule has 1 aromatic carbocycles. The smallest absolute Gasteiger partial charge is 0.290 e. The average molecular weight is 498 g/mol. The van der Waals surface area contributed by atoms with Crippen LogP contribution in [0.1, 0.15) is 42.3 Å². The van der Waals surface area contributed by atoms with Crippen LogP contribution in [0.2, 0.25) is 0 Å². The molecule has 1 N–H and O–H groups in total. The van der Waals surface area contributed by atoms with Crippen LogP contribution in [0.4, 0.5) is 20.2 Å². The van der Waals surface area contributed by atoms with Gasteiger partial charge in [0.05, 0.1) is 29.2 Å². The van der Waals surface area contributed by atoms with Gasteiger partial charge in [0, 0.05) is 50.6 Å². The number of aromatic nitrogens is 3. The van der Waals surface area contributed by atoms with E-state index in [2.05, 4.69) is 15.4 Å². The first-order chi connectivity index (χ1) is 16.9. The lowest BCUT2D eigenvalue weighted by atomic mass is 9.93. The molecule has 0 spiro atoms. The minimum absolute atomic E-state index is 0.0328. The number of carbonyl (C=O) groups is 1. The Balaban J connectivity index is 1.86. The van der Waals surface area contributed by atoms with Crippen molar-refractivity contribution in [2.24, 2.45) is 7.05 Å². The number of nitrogens with zero attached hydrogens (tertiary/aromatic N) is 4. The number of carbonyl (C=O) groups excluding carboxylic acids is 1. The van der Waals surface area contributed by atoms with Crippen LogP contribution in [0.15, 0.2) is 47.5 Å². The summed E-state index contributed by atoms with van der Waals surface area (Å²) in [6, 6.07) is 7.66. The van der Waals surface area contributed by atoms with Crippen LogP contribution in [-0.4, -0.2) is 46.0 Å². The molecular formula is C26H29F2N5O3. The molecule has 1 aliphatic heterocycles. The zero-order valence-electron chi connectivity index (χ0n) is 20.9. The Hall–Kier alpha value is -3.66. The molecule has 1 aliphatic rings. The van der Waals surface area contributed by atoms with E-state index in [9.17, 15) is 9.59 Å². The molecule has 3 aromatic rings. The molecule has 10 heteroatoms. The van der Waals surface area contributed by atoms with Gasteiger partial charge in [-0.3, -0.25) is 14.6 Å². The van der Waals surface area contributed by atoms with Crippen LogP contribution >= 0.6 is 0 Å². The summed E-state index contributed by atoms with van der Waals surface area (Å²) in [6.07, 6.45) is 2.90. The first-order valence-corrected chi connectivity index (χ1v) is 11.6. The molecule has 0 aliphatic carbocycles. The largest absolute Gasteiger partial charge is 0.372 e. The lowest BCUT2D eigenvalue weighted by Gasteiger charge is -2.39. The number of anilines is 2. The summed E-state index contributed by atoms with van der Waals surface area (Å²) in [7, 11) is 1.50. The molecule has 36 heavy (non-hydrogen) atoms. The predicted octanol–water partition coefficient (Wildman–Crippen LogP) is 4.13. The van der Waals surface area contributed by atoms with Gasteiger partial charge in [-0.15, -0.1) is 0 Å². The quantitative estimate of drug-likeness (QED) is 0.570. The highest BCUT2D eigenvalue weighted by Gasteiger charge is 2.35. The van der Waals surface area contributed by atoms with E-state index in [0.29, 0.717) is 30.9 Å². The number of rotatable bonds is 5. The summed E-state index contributed by atoms with van der Waals surface area (Å²) in [5.41, 5.74) is 0.351. The SMILES string of the molecule is Cc1ccc(NC(=O)c2ccncc2)c(C(C)(F)F)c1-c1cc(N2CCOC(C)(C)C2)c(=O)n(C)n1. The molecule has 190 valence electrons. The van der Waals surface area contributed by atoms with Crippen LogP contribution in [0, 0.1) is 6.92 Å². The van der Waals surface area contributed by atoms with Crippen molar-refractivity contribution in [2.45, 2.75) is 39.2 Å². The Labute approximate surface area is 207 Å². The van der Waals surface area contributed by atoms with E-state index in [1.807, 2.05) is 18.7 Å². The van der Waals surface area contributed by atoms with Crippen LogP contribution in [0.5, 0.6) is 0 Å². The fourth-order valence-corrected chi connectivity index (χ4v) is 4.46. The molecule has 0 radical (unpaired) electrons. The van der Waals surface area contributed by atoms with E-state index in [1.165, 1.54) is 37.6 Å². The fourth-order valence-electron chi connectivity index (χ4n) is 4.46. The summed E-state index contributed by atoms with van der Waals surface area (Å²) in [4.78, 5) is 31.6. The molecule has 4 rings (SSSR count). The van der Waals surface area contributed by atoms with Crippen LogP contribution in [-0.2, 0) is 17.7 Å². The van der Waals surface area contributed by atoms with E-state index < -0.39 is 17.4 Å². The molecule has 8 nitrogen and oxygen atoms in total. The maximum atomic E-state index is 15.1. The zero-order chi connectivity index (χ0) is 26.3. The Morgan fingerprint density at radius 3 is 2.53 bits per heavy atom. The molecule has 0 atom stereocenters. The number of morpholine rings is 1. The van der Waals surface area contributed by atoms with E-state index in [0.717, 1.165) is 11.6 Å². The van der Waals surface area contributed by atoms with Crippen molar-refractivity contribution in [3.05, 3.63) is 69.8 Å². The fraction of sp³-hybridized carbons (Fsp3) is 0.385. The number of nitrogens with one attached hydrogen (secondary N) is 1. The lowest BCUT2D eigenvalue weighted by molar-refractivity contribution is -0.0277. The van der Waals surface area contributed by atoms with Gasteiger partial charge >= 0.3 is 0 Å². The summed E-state index contributed by atoms with van der Waals surface area (Å²) >= 11 is 0. The summed E-state index contributed by atoms with van der Waals surface area (Å²) in [6.45, 7) is 7.72. The second-order valence-electron chi connectivity index (χ2n) is 9.63. The maximum Gasteiger partial charge on any atom is 0.290 e. The van der Waals surface area contributed by atoms with E-state index >= 15 is 8.78 Å². The molecular weight excluding hydrogens is 468 g/mol. The molecule has 3 heterocycles. The van der Waals surface area contributed by atoms with E-state index in [-0.39, 0.29) is 33.6 Å². The number of hydrogen-bond donors (Lipinski definition) is 1. The van der Waals surface area contributed by atoms with Gasteiger partial charge < -0.3 is 15.0 Å². The second kappa shape index (κ2) is 9.42. The number of ether oxygens (including phenoxy) is 1. The number of pyridine rings is 1. The van der Waals surface area contributed by atoms with Crippen LogP contribution < -0.4 is 15.8 Å². The van der Waals surface area contributed by atoms with Crippen LogP contribution in [0.25, 0.3) is 11.3 Å². The number of hydrogen-bond acceptors (Lipinski definition) is 6. The van der Waals surface area contributed by atoms with Gasteiger partial charge in [-0.25, -0.2) is 13.5 Å². The lowest BCUT2D eigenvalue weighted by Crippen LogP contribution is -2.50. The molecule has 1 fully saturated rings. The summed E-state index contributed by atoms with van der Waals surface area (Å²) in [5.74, 6) is -3.86. The number of amides is 1. The van der Waals surface area contributed by atoms with Gasteiger partial charge in [-0.05, 0) is 50.6 Å². The third-order valence-electron chi connectivity index (χ3n) is 6.11. The summed E-state index contributed by atoms with van der Waals surface area (Å²) in [5, 5.41) is 6.96. The van der Waals surface area contributed by atoms with Gasteiger partial charge in [0.1, 0.15) is 5.69 Å². The number of halogens is 2. The van der Waals surface area contributed by atoms with Crippen molar-refractivity contribution in [1.29, 1.82) is 0 Å². The van der Waals surface area contributed by atoms with Gasteiger partial charge in [-0.1, -0.05) is 6.07 Å². The van der Waals surface area contributed by atoms with Gasteiger partial charge in [0.2, 0.25) is 0 Å². The molecule has 0 unspecified atom stereocenters. The van der Waals surface area contributed by atoms with Gasteiger partial charge in [-0.2, -0.15) is 5.10 Å². The average Bonchev–Trinajstić information content (AvgIpc) is 2.81. The van der Waals surface area contributed by atoms with E-state index in [4.69, 9.17) is 4.74 Å². The number of benzene rings is 1. The van der Waals surface area contributed by atoms with Crippen molar-refractivity contribution in [3.63, 3.8) is 0 Å². The highest BCUT2D eigenvalue weighted by Crippen LogP contribution is 2.42. The zero-order valence-corrected chi connectivity index (χ0v) is 20.9. The highest BCUT2D eigenvalue weighted by molar-refractivity contribution is 6.05. The molecule has 0 bridgehead atoms. The number of aryl methyl sites for hydroxylation is 2. The first kappa shape index (κ1) is 25.4. The monoisotopic (exact) mass is 497 g/mol. The summed E-state index contributed by atoms with van der Waals surface area (Å²) < 4.78 is 37.2. The molecule has 0 saturated carbocycles. The van der Waals surface area contributed by atoms with Crippen molar-refractivity contribution < 1.29 is 18.3 Å². The van der Waals surface area contributed by atoms with Crippen molar-refractivity contribution in [1.82, 2.24) is 14.8 Å². The van der Waals surface area contributed by atoms with Crippen molar-refractivity contribution in [3.8, 4) is 11.3 Å². The molecule has 1 amide bonds. The maximum absolute atomic E-state index is 15.1. The third-order valence-corrected chi connectivity index (χ3v) is 6.11. The third kappa shape index (κ3) is 5.13. The molecule has 2 aromatic heterocycles. The normalized spacial score (nSPS) is 15.6. The van der Waals surface area contributed by atoms with Gasteiger partial charge in [0.25, 0.3) is 17.4 Å².